The van der Waals surface area contributed by atoms with Crippen LogP contribution in [0.1, 0.15) is 5.56 Å². The average molecular weight is 242 g/mol. The van der Waals surface area contributed by atoms with Crippen LogP contribution in [0.15, 0.2) is 54.6 Å². The fourth-order valence-corrected chi connectivity index (χ4v) is 1.92. The first kappa shape index (κ1) is 11.3. The van der Waals surface area contributed by atoms with E-state index in [1.807, 2.05) is 54.6 Å². The molecule has 0 aromatic heterocycles. The smallest absolute Gasteiger partial charge is 0.136 e. The van der Waals surface area contributed by atoms with Crippen LogP contribution < -0.4 is 4.74 Å². The summed E-state index contributed by atoms with van der Waals surface area (Å²) in [6.45, 7) is 0.734. The Morgan fingerprint density at radius 1 is 0.889 bits per heavy atom. The number of para-hydroxylation sites is 1. The highest BCUT2D eigenvalue weighted by molar-refractivity contribution is 5.35. The minimum Gasteiger partial charge on any atom is -0.457 e. The summed E-state index contributed by atoms with van der Waals surface area (Å²) in [7, 11) is 0. The van der Waals surface area contributed by atoms with Crippen molar-refractivity contribution in [2.75, 3.05) is 13.2 Å². The van der Waals surface area contributed by atoms with Crippen LogP contribution in [0, 0.1) is 0 Å². The Labute approximate surface area is 106 Å². The fourth-order valence-electron chi connectivity index (χ4n) is 1.92. The van der Waals surface area contributed by atoms with Gasteiger partial charge in [-0.15, -0.1) is 0 Å². The Bertz CT molecular complexity index is 515. The van der Waals surface area contributed by atoms with E-state index in [4.69, 9.17) is 9.47 Å². The summed E-state index contributed by atoms with van der Waals surface area (Å²) < 4.78 is 10.7. The highest BCUT2D eigenvalue weighted by Crippen LogP contribution is 2.31. The molecule has 3 nitrogen and oxygen atoms in total. The van der Waals surface area contributed by atoms with Crippen molar-refractivity contribution >= 4 is 0 Å². The van der Waals surface area contributed by atoms with Gasteiger partial charge in [-0.1, -0.05) is 30.3 Å². The molecule has 3 rings (SSSR count). The van der Waals surface area contributed by atoms with Gasteiger partial charge in [0.15, 0.2) is 0 Å². The van der Waals surface area contributed by atoms with Gasteiger partial charge in [-0.25, -0.2) is 0 Å². The first-order valence-electron chi connectivity index (χ1n) is 5.90. The number of ether oxygens (including phenoxy) is 2. The van der Waals surface area contributed by atoms with Crippen LogP contribution in [-0.2, 0) is 10.3 Å². The quantitative estimate of drug-likeness (QED) is 0.899. The molecule has 3 heteroatoms. The molecule has 0 atom stereocenters. The molecule has 1 aliphatic heterocycles. The molecular weight excluding hydrogens is 228 g/mol. The molecule has 0 saturated carbocycles. The molecule has 0 radical (unpaired) electrons. The average Bonchev–Trinajstić information content (AvgIpc) is 2.38. The molecule has 1 aliphatic rings. The Hall–Kier alpha value is -1.84. The first-order chi connectivity index (χ1) is 8.76. The van der Waals surface area contributed by atoms with Gasteiger partial charge >= 0.3 is 0 Å². The highest BCUT2D eigenvalue weighted by atomic mass is 16.5. The predicted molar refractivity (Wildman–Crippen MR) is 67.7 cm³/mol. The lowest BCUT2D eigenvalue weighted by Gasteiger charge is -2.36. The van der Waals surface area contributed by atoms with Gasteiger partial charge in [-0.3, -0.25) is 0 Å². The third-order valence-electron chi connectivity index (χ3n) is 3.05. The topological polar surface area (TPSA) is 38.7 Å². The van der Waals surface area contributed by atoms with Crippen molar-refractivity contribution in [3.05, 3.63) is 60.2 Å². The fraction of sp³-hybridized carbons (Fsp3) is 0.200. The molecule has 0 spiro atoms. The zero-order valence-corrected chi connectivity index (χ0v) is 9.87. The maximum Gasteiger partial charge on any atom is 0.136 e. The van der Waals surface area contributed by atoms with E-state index in [0.717, 1.165) is 17.1 Å². The molecule has 0 bridgehead atoms. The summed E-state index contributed by atoms with van der Waals surface area (Å²) in [5.74, 6) is 1.56. The molecule has 1 fully saturated rings. The molecule has 0 unspecified atom stereocenters. The predicted octanol–water partition coefficient (Wildman–Crippen LogP) is 2.70. The van der Waals surface area contributed by atoms with Gasteiger partial charge in [0, 0.05) is 0 Å². The van der Waals surface area contributed by atoms with Gasteiger partial charge < -0.3 is 14.6 Å². The van der Waals surface area contributed by atoms with Crippen LogP contribution in [0.25, 0.3) is 0 Å². The van der Waals surface area contributed by atoms with E-state index in [0.29, 0.717) is 13.2 Å². The maximum absolute atomic E-state index is 10.1. The minimum absolute atomic E-state index is 0.367. The molecule has 2 aromatic rings. The molecule has 92 valence electrons. The summed E-state index contributed by atoms with van der Waals surface area (Å²) in [6, 6.07) is 17.1. The third kappa shape index (κ3) is 2.10. The number of rotatable bonds is 3. The van der Waals surface area contributed by atoms with Crippen molar-refractivity contribution in [3.63, 3.8) is 0 Å². The van der Waals surface area contributed by atoms with Gasteiger partial charge in [0.05, 0.1) is 13.2 Å². The van der Waals surface area contributed by atoms with Crippen LogP contribution in [-0.4, -0.2) is 18.3 Å². The summed E-state index contributed by atoms with van der Waals surface area (Å²) in [5.41, 5.74) is 0.0554. The van der Waals surface area contributed by atoms with Crippen LogP contribution in [0.4, 0.5) is 0 Å². The number of aliphatic hydroxyl groups is 1. The van der Waals surface area contributed by atoms with E-state index in [-0.39, 0.29) is 0 Å². The lowest BCUT2D eigenvalue weighted by Crippen LogP contribution is -2.46. The maximum atomic E-state index is 10.1. The van der Waals surface area contributed by atoms with Crippen LogP contribution in [0.5, 0.6) is 11.5 Å². The largest absolute Gasteiger partial charge is 0.457 e. The van der Waals surface area contributed by atoms with Gasteiger partial charge in [-0.05, 0) is 29.8 Å². The SMILES string of the molecule is OC1(c2ccc(Oc3ccccc3)cc2)COC1. The van der Waals surface area contributed by atoms with Crippen LogP contribution in [0.3, 0.4) is 0 Å². The Morgan fingerprint density at radius 2 is 1.50 bits per heavy atom. The van der Waals surface area contributed by atoms with Crippen LogP contribution >= 0.6 is 0 Å². The Balaban J connectivity index is 1.75. The van der Waals surface area contributed by atoms with Crippen molar-refractivity contribution < 1.29 is 14.6 Å². The van der Waals surface area contributed by atoms with Gasteiger partial charge in [0.1, 0.15) is 17.1 Å². The zero-order chi connectivity index (χ0) is 12.4. The molecule has 18 heavy (non-hydrogen) atoms. The number of hydrogen-bond acceptors (Lipinski definition) is 3. The molecule has 0 amide bonds. The van der Waals surface area contributed by atoms with Crippen molar-refractivity contribution in [1.29, 1.82) is 0 Å². The van der Waals surface area contributed by atoms with E-state index in [1.165, 1.54) is 0 Å². The summed E-state index contributed by atoms with van der Waals surface area (Å²) in [4.78, 5) is 0. The van der Waals surface area contributed by atoms with E-state index >= 15 is 0 Å². The van der Waals surface area contributed by atoms with E-state index in [9.17, 15) is 5.11 Å². The highest BCUT2D eigenvalue weighted by Gasteiger charge is 2.37. The molecule has 2 aromatic carbocycles. The van der Waals surface area contributed by atoms with Crippen molar-refractivity contribution in [3.8, 4) is 11.5 Å². The lowest BCUT2D eigenvalue weighted by molar-refractivity contribution is -0.184. The zero-order valence-electron chi connectivity index (χ0n) is 9.87. The summed E-state index contributed by atoms with van der Waals surface area (Å²) in [5, 5.41) is 10.1. The van der Waals surface area contributed by atoms with Crippen molar-refractivity contribution in [2.45, 2.75) is 5.60 Å². The van der Waals surface area contributed by atoms with Gasteiger partial charge in [0.25, 0.3) is 0 Å². The minimum atomic E-state index is -0.814. The molecular formula is C15H14O3. The van der Waals surface area contributed by atoms with Crippen molar-refractivity contribution in [2.24, 2.45) is 0 Å². The second kappa shape index (κ2) is 4.44. The van der Waals surface area contributed by atoms with Crippen LogP contribution in [0.2, 0.25) is 0 Å². The normalized spacial score (nSPS) is 16.9. The number of benzene rings is 2. The molecule has 0 aliphatic carbocycles. The second-order valence-corrected chi connectivity index (χ2v) is 4.46. The molecule has 1 heterocycles. The first-order valence-corrected chi connectivity index (χ1v) is 5.90. The van der Waals surface area contributed by atoms with E-state index in [2.05, 4.69) is 0 Å². The van der Waals surface area contributed by atoms with Crippen molar-refractivity contribution in [1.82, 2.24) is 0 Å². The Kier molecular flexibility index (Phi) is 2.78. The standard InChI is InChI=1S/C15H14O3/c16-15(10-17-11-15)12-6-8-14(9-7-12)18-13-4-2-1-3-5-13/h1-9,16H,10-11H2. The van der Waals surface area contributed by atoms with E-state index < -0.39 is 5.60 Å². The molecule has 1 saturated heterocycles. The van der Waals surface area contributed by atoms with Gasteiger partial charge in [0.2, 0.25) is 0 Å². The lowest BCUT2D eigenvalue weighted by atomic mass is 9.92. The summed E-state index contributed by atoms with van der Waals surface area (Å²) >= 11 is 0. The number of hydrogen-bond donors (Lipinski definition) is 1. The Morgan fingerprint density at radius 3 is 2.06 bits per heavy atom. The van der Waals surface area contributed by atoms with E-state index in [1.54, 1.807) is 0 Å². The third-order valence-corrected chi connectivity index (χ3v) is 3.05. The monoisotopic (exact) mass is 242 g/mol. The summed E-state index contributed by atoms with van der Waals surface area (Å²) in [6.07, 6.45) is 0. The molecule has 1 N–H and O–H groups in total. The van der Waals surface area contributed by atoms with Gasteiger partial charge in [-0.2, -0.15) is 0 Å². The second-order valence-electron chi connectivity index (χ2n) is 4.46.